The smallest absolute Gasteiger partial charge is 0.434 e. The Morgan fingerprint density at radius 1 is 1.30 bits per heavy atom. The molecule has 0 saturated carbocycles. The van der Waals surface area contributed by atoms with Crippen LogP contribution in [0, 0.1) is 11.3 Å². The summed E-state index contributed by atoms with van der Waals surface area (Å²) in [5.74, 6) is -1.44. The van der Waals surface area contributed by atoms with E-state index < -0.39 is 23.4 Å². The average molecular weight is 280 g/mol. The van der Waals surface area contributed by atoms with E-state index in [-0.39, 0.29) is 11.3 Å². The summed E-state index contributed by atoms with van der Waals surface area (Å²) < 4.78 is 39.3. The first-order chi connectivity index (χ1) is 9.34. The zero-order valence-electron chi connectivity index (χ0n) is 9.68. The first kappa shape index (κ1) is 13.6. The summed E-state index contributed by atoms with van der Waals surface area (Å²) >= 11 is 0. The maximum atomic E-state index is 12.9. The van der Waals surface area contributed by atoms with Crippen LogP contribution in [0.5, 0.6) is 0 Å². The summed E-state index contributed by atoms with van der Waals surface area (Å²) in [4.78, 5) is 10.6. The van der Waals surface area contributed by atoms with E-state index in [9.17, 15) is 23.1 Å². The molecular formula is C12H5F3N3O2-. The predicted octanol–water partition coefficient (Wildman–Crippen LogP) is 1.13. The molecule has 0 aliphatic rings. The molecule has 0 N–H and O–H groups in total. The molecule has 0 unspecified atom stereocenters. The first-order valence-corrected chi connectivity index (χ1v) is 5.21. The van der Waals surface area contributed by atoms with Gasteiger partial charge in [0.05, 0.1) is 17.9 Å². The van der Waals surface area contributed by atoms with E-state index in [0.29, 0.717) is 4.68 Å². The second-order valence-electron chi connectivity index (χ2n) is 3.76. The number of hydrogen-bond donors (Lipinski definition) is 0. The van der Waals surface area contributed by atoms with Gasteiger partial charge in [0.15, 0.2) is 5.69 Å². The van der Waals surface area contributed by atoms with Gasteiger partial charge in [0.1, 0.15) is 11.6 Å². The lowest BCUT2D eigenvalue weighted by Gasteiger charge is -2.11. The Bertz CT molecular complexity index is 696. The highest BCUT2D eigenvalue weighted by Gasteiger charge is 2.38. The summed E-state index contributed by atoms with van der Waals surface area (Å²) in [7, 11) is 0. The van der Waals surface area contributed by atoms with Crippen LogP contribution in [-0.2, 0) is 6.18 Å². The minimum atomic E-state index is -4.76. The van der Waals surface area contributed by atoms with Crippen LogP contribution < -0.4 is 5.11 Å². The number of alkyl halides is 3. The van der Waals surface area contributed by atoms with E-state index in [1.54, 1.807) is 0 Å². The zero-order chi connectivity index (χ0) is 14.9. The quantitative estimate of drug-likeness (QED) is 0.825. The highest BCUT2D eigenvalue weighted by atomic mass is 19.4. The SMILES string of the molecule is N#Cc1cnn(-c2ccc(C(=O)[O-])cc2)c1C(F)(F)F. The molecule has 5 nitrogen and oxygen atoms in total. The molecule has 0 radical (unpaired) electrons. The van der Waals surface area contributed by atoms with Gasteiger partial charge < -0.3 is 9.90 Å². The number of aromatic nitrogens is 2. The van der Waals surface area contributed by atoms with E-state index in [2.05, 4.69) is 5.10 Å². The van der Waals surface area contributed by atoms with Crippen molar-refractivity contribution in [2.24, 2.45) is 0 Å². The van der Waals surface area contributed by atoms with Crippen LogP contribution >= 0.6 is 0 Å². The number of aromatic carboxylic acids is 1. The second-order valence-corrected chi connectivity index (χ2v) is 3.76. The Hall–Kier alpha value is -2.82. The monoisotopic (exact) mass is 280 g/mol. The van der Waals surface area contributed by atoms with Crippen molar-refractivity contribution in [1.82, 2.24) is 9.78 Å². The van der Waals surface area contributed by atoms with Crippen molar-refractivity contribution in [1.29, 1.82) is 5.26 Å². The zero-order valence-corrected chi connectivity index (χ0v) is 9.68. The fraction of sp³-hybridized carbons (Fsp3) is 0.0833. The maximum Gasteiger partial charge on any atom is 0.434 e. The molecule has 2 aromatic rings. The number of nitriles is 1. The Morgan fingerprint density at radius 2 is 1.90 bits per heavy atom. The lowest BCUT2D eigenvalue weighted by Crippen LogP contribution is -2.22. The van der Waals surface area contributed by atoms with Crippen LogP contribution in [0.15, 0.2) is 30.5 Å². The fourth-order valence-electron chi connectivity index (χ4n) is 1.64. The number of hydrogen-bond acceptors (Lipinski definition) is 4. The lowest BCUT2D eigenvalue weighted by molar-refractivity contribution is -0.255. The average Bonchev–Trinajstić information content (AvgIpc) is 2.82. The predicted molar refractivity (Wildman–Crippen MR) is 57.6 cm³/mol. The van der Waals surface area contributed by atoms with Gasteiger partial charge in [0.2, 0.25) is 0 Å². The van der Waals surface area contributed by atoms with Gasteiger partial charge in [-0.05, 0) is 17.7 Å². The first-order valence-electron chi connectivity index (χ1n) is 5.21. The molecule has 0 spiro atoms. The number of carboxylic acid groups (broad SMARTS) is 1. The van der Waals surface area contributed by atoms with Gasteiger partial charge in [0, 0.05) is 0 Å². The maximum absolute atomic E-state index is 12.9. The topological polar surface area (TPSA) is 81.7 Å². The van der Waals surface area contributed by atoms with E-state index in [4.69, 9.17) is 5.26 Å². The third-order valence-electron chi connectivity index (χ3n) is 2.51. The third-order valence-corrected chi connectivity index (χ3v) is 2.51. The van der Waals surface area contributed by atoms with Crippen LogP contribution in [0.4, 0.5) is 13.2 Å². The number of rotatable bonds is 2. The molecule has 102 valence electrons. The molecule has 2 rings (SSSR count). The van der Waals surface area contributed by atoms with Gasteiger partial charge >= 0.3 is 6.18 Å². The molecule has 20 heavy (non-hydrogen) atoms. The fourth-order valence-corrected chi connectivity index (χ4v) is 1.64. The molecule has 1 aromatic carbocycles. The lowest BCUT2D eigenvalue weighted by atomic mass is 10.2. The molecule has 1 heterocycles. The molecule has 0 aliphatic heterocycles. The molecule has 0 fully saturated rings. The number of benzene rings is 1. The second kappa shape index (κ2) is 4.70. The van der Waals surface area contributed by atoms with Crippen molar-refractivity contribution in [3.63, 3.8) is 0 Å². The Morgan fingerprint density at radius 3 is 2.35 bits per heavy atom. The summed E-state index contributed by atoms with van der Waals surface area (Å²) in [6.07, 6.45) is -3.95. The molecular weight excluding hydrogens is 275 g/mol. The number of carbonyl (C=O) groups excluding carboxylic acids is 1. The van der Waals surface area contributed by atoms with Crippen molar-refractivity contribution in [2.75, 3.05) is 0 Å². The summed E-state index contributed by atoms with van der Waals surface area (Å²) in [5.41, 5.74) is -2.00. The highest BCUT2D eigenvalue weighted by molar-refractivity contribution is 5.85. The Labute approximate surface area is 110 Å². The Balaban J connectivity index is 2.56. The van der Waals surface area contributed by atoms with Gasteiger partial charge in [-0.25, -0.2) is 4.68 Å². The standard InChI is InChI=1S/C12H6F3N3O2/c13-12(14,15)10-8(5-16)6-17-18(10)9-3-1-7(2-4-9)11(19)20/h1-4,6H,(H,19,20)/p-1. The summed E-state index contributed by atoms with van der Waals surface area (Å²) in [6, 6.07) is 5.90. The van der Waals surface area contributed by atoms with Crippen molar-refractivity contribution < 1.29 is 23.1 Å². The molecule has 8 heteroatoms. The summed E-state index contributed by atoms with van der Waals surface area (Å²) in [6.45, 7) is 0. The third kappa shape index (κ3) is 2.33. The van der Waals surface area contributed by atoms with Crippen molar-refractivity contribution in [3.8, 4) is 11.8 Å². The summed E-state index contributed by atoms with van der Waals surface area (Å²) in [5, 5.41) is 22.7. The molecule has 0 aliphatic carbocycles. The van der Waals surface area contributed by atoms with Crippen LogP contribution in [0.3, 0.4) is 0 Å². The largest absolute Gasteiger partial charge is 0.545 e. The van der Waals surface area contributed by atoms with Crippen LogP contribution in [-0.4, -0.2) is 15.7 Å². The highest BCUT2D eigenvalue weighted by Crippen LogP contribution is 2.33. The van der Waals surface area contributed by atoms with Gasteiger partial charge in [-0.3, -0.25) is 0 Å². The number of carbonyl (C=O) groups is 1. The molecule has 1 aromatic heterocycles. The minimum absolute atomic E-state index is 0.0103. The molecule has 0 bridgehead atoms. The Kier molecular flexibility index (Phi) is 3.19. The number of halogens is 3. The number of nitrogens with zero attached hydrogens (tertiary/aromatic N) is 3. The van der Waals surface area contributed by atoms with Crippen molar-refractivity contribution in [2.45, 2.75) is 6.18 Å². The van der Waals surface area contributed by atoms with E-state index in [1.165, 1.54) is 6.07 Å². The minimum Gasteiger partial charge on any atom is -0.545 e. The van der Waals surface area contributed by atoms with Gasteiger partial charge in [0.25, 0.3) is 0 Å². The van der Waals surface area contributed by atoms with Gasteiger partial charge in [-0.15, -0.1) is 0 Å². The molecule has 0 saturated heterocycles. The van der Waals surface area contributed by atoms with E-state index >= 15 is 0 Å². The van der Waals surface area contributed by atoms with Crippen molar-refractivity contribution >= 4 is 5.97 Å². The van der Waals surface area contributed by atoms with Gasteiger partial charge in [-0.1, -0.05) is 12.1 Å². The normalized spacial score (nSPS) is 11.1. The van der Waals surface area contributed by atoms with Crippen LogP contribution in [0.2, 0.25) is 0 Å². The van der Waals surface area contributed by atoms with Crippen molar-refractivity contribution in [3.05, 3.63) is 47.3 Å². The molecule has 0 atom stereocenters. The number of carboxylic acids is 1. The van der Waals surface area contributed by atoms with E-state index in [1.807, 2.05) is 0 Å². The molecule has 0 amide bonds. The van der Waals surface area contributed by atoms with Crippen LogP contribution in [0.25, 0.3) is 5.69 Å². The van der Waals surface area contributed by atoms with E-state index in [0.717, 1.165) is 30.5 Å². The van der Waals surface area contributed by atoms with Gasteiger partial charge in [-0.2, -0.15) is 23.5 Å². The van der Waals surface area contributed by atoms with Crippen LogP contribution in [0.1, 0.15) is 21.6 Å².